The molecule has 3 rings (SSSR count). The number of amides is 1. The zero-order valence-electron chi connectivity index (χ0n) is 14.5. The van der Waals surface area contributed by atoms with Gasteiger partial charge in [-0.05, 0) is 18.9 Å². The minimum Gasteiger partial charge on any atom is -0.505 e. The van der Waals surface area contributed by atoms with Crippen LogP contribution >= 0.6 is 11.3 Å². The van der Waals surface area contributed by atoms with Gasteiger partial charge in [-0.2, -0.15) is 0 Å². The van der Waals surface area contributed by atoms with Gasteiger partial charge in [0.2, 0.25) is 0 Å². The molecule has 9 heteroatoms. The first-order valence-electron chi connectivity index (χ1n) is 8.11. The molecule has 1 aromatic heterocycles. The summed E-state index contributed by atoms with van der Waals surface area (Å²) in [5.74, 6) is -6.30. The van der Waals surface area contributed by atoms with Crippen LogP contribution in [0.5, 0.6) is 0 Å². The molecule has 5 nitrogen and oxygen atoms in total. The maximum absolute atomic E-state index is 14.3. The molecule has 146 valence electrons. The SMILES string of the molecule is Cc1ccc(-c2csc(NC(=O)C3=CCCC(F)=C3O)c2C(=O)O)c(F)c1F. The Bertz CT molecular complexity index is 1060. The van der Waals surface area contributed by atoms with E-state index in [4.69, 9.17) is 0 Å². The summed E-state index contributed by atoms with van der Waals surface area (Å²) in [7, 11) is 0. The van der Waals surface area contributed by atoms with Gasteiger partial charge in [-0.25, -0.2) is 18.0 Å². The minimum absolute atomic E-state index is 0.0373. The van der Waals surface area contributed by atoms with Gasteiger partial charge >= 0.3 is 5.97 Å². The lowest BCUT2D eigenvalue weighted by atomic mass is 10.0. The number of aliphatic hydroxyl groups excluding tert-OH is 1. The van der Waals surface area contributed by atoms with Crippen molar-refractivity contribution in [2.45, 2.75) is 19.8 Å². The lowest BCUT2D eigenvalue weighted by Crippen LogP contribution is -2.18. The number of allylic oxidation sites excluding steroid dienone is 2. The van der Waals surface area contributed by atoms with E-state index in [9.17, 15) is 33.0 Å². The summed E-state index contributed by atoms with van der Waals surface area (Å²) >= 11 is 0.792. The molecule has 0 fully saturated rings. The van der Waals surface area contributed by atoms with Gasteiger partial charge in [-0.3, -0.25) is 4.79 Å². The van der Waals surface area contributed by atoms with Gasteiger partial charge in [0.15, 0.2) is 17.4 Å². The topological polar surface area (TPSA) is 86.6 Å². The standard InChI is InChI=1S/C19H14F3NO4S/c1-8-5-6-9(15(22)14(8)21)11-7-28-18(13(11)19(26)27)23-17(25)10-3-2-4-12(20)16(10)24/h3,5-7,24H,2,4H2,1H3,(H,23,25)(H,26,27). The van der Waals surface area contributed by atoms with Crippen molar-refractivity contribution in [3.05, 3.63) is 63.5 Å². The highest BCUT2D eigenvalue weighted by Crippen LogP contribution is 2.38. The van der Waals surface area contributed by atoms with E-state index in [1.807, 2.05) is 0 Å². The normalized spacial score (nSPS) is 14.1. The van der Waals surface area contributed by atoms with Crippen molar-refractivity contribution in [2.75, 3.05) is 5.32 Å². The quantitative estimate of drug-likeness (QED) is 0.656. The summed E-state index contributed by atoms with van der Waals surface area (Å²) in [5, 5.41) is 22.7. The number of carboxylic acid groups (broad SMARTS) is 1. The van der Waals surface area contributed by atoms with Crippen molar-refractivity contribution in [2.24, 2.45) is 0 Å². The molecule has 0 atom stereocenters. The molecule has 0 spiro atoms. The predicted octanol–water partition coefficient (Wildman–Crippen LogP) is 5.10. The maximum Gasteiger partial charge on any atom is 0.339 e. The lowest BCUT2D eigenvalue weighted by molar-refractivity contribution is -0.112. The van der Waals surface area contributed by atoms with Gasteiger partial charge < -0.3 is 15.5 Å². The molecule has 3 N–H and O–H groups in total. The number of carbonyl (C=O) groups excluding carboxylic acids is 1. The number of carboxylic acids is 1. The highest BCUT2D eigenvalue weighted by Gasteiger charge is 2.27. The molecule has 0 saturated heterocycles. The molecule has 1 heterocycles. The number of hydrogen-bond acceptors (Lipinski definition) is 4. The number of aryl methyl sites for hydroxylation is 1. The first-order valence-corrected chi connectivity index (χ1v) is 8.99. The first-order chi connectivity index (χ1) is 13.2. The average molecular weight is 409 g/mol. The summed E-state index contributed by atoms with van der Waals surface area (Å²) in [6.45, 7) is 1.37. The van der Waals surface area contributed by atoms with Crippen molar-refractivity contribution >= 4 is 28.2 Å². The molecule has 0 bridgehead atoms. The van der Waals surface area contributed by atoms with Gasteiger partial charge in [0, 0.05) is 22.9 Å². The molecular formula is C19H14F3NO4S. The predicted molar refractivity (Wildman–Crippen MR) is 98.1 cm³/mol. The zero-order valence-corrected chi connectivity index (χ0v) is 15.3. The molecule has 0 saturated carbocycles. The number of benzene rings is 1. The Morgan fingerprint density at radius 2 is 1.86 bits per heavy atom. The van der Waals surface area contributed by atoms with Crippen LogP contribution < -0.4 is 5.32 Å². The average Bonchev–Trinajstić information content (AvgIpc) is 3.05. The van der Waals surface area contributed by atoms with Crippen LogP contribution in [0.15, 0.2) is 40.7 Å². The fourth-order valence-corrected chi connectivity index (χ4v) is 3.74. The van der Waals surface area contributed by atoms with Crippen molar-refractivity contribution < 1.29 is 33.0 Å². The van der Waals surface area contributed by atoms with Crippen molar-refractivity contribution in [1.82, 2.24) is 0 Å². The van der Waals surface area contributed by atoms with E-state index in [0.717, 1.165) is 11.3 Å². The van der Waals surface area contributed by atoms with E-state index in [1.165, 1.54) is 30.5 Å². The van der Waals surface area contributed by atoms with Crippen molar-refractivity contribution in [3.8, 4) is 11.1 Å². The molecule has 0 radical (unpaired) electrons. The smallest absolute Gasteiger partial charge is 0.339 e. The largest absolute Gasteiger partial charge is 0.505 e. The molecular weight excluding hydrogens is 395 g/mol. The second kappa shape index (κ2) is 7.51. The van der Waals surface area contributed by atoms with Gasteiger partial charge in [0.05, 0.1) is 5.57 Å². The second-order valence-corrected chi connectivity index (χ2v) is 6.96. The molecule has 1 aliphatic carbocycles. The molecule has 1 aromatic carbocycles. The number of anilines is 1. The maximum atomic E-state index is 14.3. The van der Waals surface area contributed by atoms with Crippen LogP contribution in [0.3, 0.4) is 0 Å². The molecule has 0 aliphatic heterocycles. The summed E-state index contributed by atoms with van der Waals surface area (Å²) in [6, 6.07) is 2.56. The first kappa shape index (κ1) is 19.7. The highest BCUT2D eigenvalue weighted by atomic mass is 32.1. The van der Waals surface area contributed by atoms with Crippen LogP contribution in [0.1, 0.15) is 28.8 Å². The molecule has 1 amide bonds. The second-order valence-electron chi connectivity index (χ2n) is 6.08. The van der Waals surface area contributed by atoms with Crippen LogP contribution in [0, 0.1) is 18.6 Å². The lowest BCUT2D eigenvalue weighted by Gasteiger charge is -2.13. The van der Waals surface area contributed by atoms with Crippen LogP contribution in [-0.4, -0.2) is 22.1 Å². The number of thiophene rings is 1. The Labute approximate surface area is 161 Å². The number of carbonyl (C=O) groups is 2. The fraction of sp³-hybridized carbons (Fsp3) is 0.158. The Kier molecular flexibility index (Phi) is 5.28. The van der Waals surface area contributed by atoms with Gasteiger partial charge in [0.1, 0.15) is 16.4 Å². The van der Waals surface area contributed by atoms with Crippen molar-refractivity contribution in [3.63, 3.8) is 0 Å². The zero-order chi connectivity index (χ0) is 20.6. The van der Waals surface area contributed by atoms with Gasteiger partial charge in [-0.1, -0.05) is 18.2 Å². The Morgan fingerprint density at radius 1 is 1.14 bits per heavy atom. The van der Waals surface area contributed by atoms with E-state index in [0.29, 0.717) is 0 Å². The van der Waals surface area contributed by atoms with Crippen molar-refractivity contribution in [1.29, 1.82) is 0 Å². The van der Waals surface area contributed by atoms with Crippen LogP contribution in [0.2, 0.25) is 0 Å². The molecule has 28 heavy (non-hydrogen) atoms. The van der Waals surface area contributed by atoms with Gasteiger partial charge in [0.25, 0.3) is 5.91 Å². The van der Waals surface area contributed by atoms with Gasteiger partial charge in [-0.15, -0.1) is 11.3 Å². The number of aliphatic hydroxyl groups is 1. The third kappa shape index (κ3) is 3.40. The molecule has 1 aliphatic rings. The number of aromatic carboxylic acids is 1. The number of hydrogen-bond donors (Lipinski definition) is 3. The molecule has 2 aromatic rings. The fourth-order valence-electron chi connectivity index (χ4n) is 2.79. The number of rotatable bonds is 4. The Balaban J connectivity index is 2.01. The minimum atomic E-state index is -1.46. The van der Waals surface area contributed by atoms with E-state index >= 15 is 0 Å². The van der Waals surface area contributed by atoms with E-state index in [1.54, 1.807) is 0 Å². The monoisotopic (exact) mass is 409 g/mol. The van der Waals surface area contributed by atoms with Crippen LogP contribution in [0.25, 0.3) is 11.1 Å². The highest BCUT2D eigenvalue weighted by molar-refractivity contribution is 7.15. The Morgan fingerprint density at radius 3 is 2.54 bits per heavy atom. The summed E-state index contributed by atoms with van der Waals surface area (Å²) in [5.41, 5.74) is -1.05. The molecule has 0 unspecified atom stereocenters. The van der Waals surface area contributed by atoms with Crippen LogP contribution in [0.4, 0.5) is 18.2 Å². The van der Waals surface area contributed by atoms with E-state index < -0.39 is 40.7 Å². The summed E-state index contributed by atoms with van der Waals surface area (Å²) < 4.78 is 41.7. The Hall–Kier alpha value is -3.07. The number of nitrogens with one attached hydrogen (secondary N) is 1. The summed E-state index contributed by atoms with van der Waals surface area (Å²) in [6.07, 6.45) is 1.50. The van der Waals surface area contributed by atoms with E-state index in [-0.39, 0.29) is 40.1 Å². The van der Waals surface area contributed by atoms with Crippen LogP contribution in [-0.2, 0) is 4.79 Å². The van der Waals surface area contributed by atoms with E-state index in [2.05, 4.69) is 5.32 Å². The summed E-state index contributed by atoms with van der Waals surface area (Å²) in [4.78, 5) is 24.1. The third-order valence-electron chi connectivity index (χ3n) is 4.27. The third-order valence-corrected chi connectivity index (χ3v) is 5.16. The number of halogens is 3.